The lowest BCUT2D eigenvalue weighted by molar-refractivity contribution is -0.149. The lowest BCUT2D eigenvalue weighted by atomic mass is 9.83. The van der Waals surface area contributed by atoms with Gasteiger partial charge in [-0.05, 0) is 41.5 Å². The predicted octanol–water partition coefficient (Wildman–Crippen LogP) is 4.79. The van der Waals surface area contributed by atoms with Gasteiger partial charge in [0, 0.05) is 5.56 Å². The number of alkyl halides is 3. The van der Waals surface area contributed by atoms with E-state index in [1.165, 1.54) is 0 Å². The first-order valence-electron chi connectivity index (χ1n) is 7.35. The molecule has 0 aliphatic rings. The van der Waals surface area contributed by atoms with Crippen LogP contribution in [0.25, 0.3) is 0 Å². The van der Waals surface area contributed by atoms with Crippen LogP contribution in [0.4, 0.5) is 13.2 Å². The van der Waals surface area contributed by atoms with Gasteiger partial charge in [-0.1, -0.05) is 40.7 Å². The molecular formula is C17H24F3NO. The number of halogens is 3. The Morgan fingerprint density at radius 1 is 1.05 bits per heavy atom. The number of hydrogen-bond donors (Lipinski definition) is 1. The number of rotatable bonds is 3. The van der Waals surface area contributed by atoms with Gasteiger partial charge in [-0.3, -0.25) is 4.79 Å². The third kappa shape index (κ3) is 4.75. The largest absolute Gasteiger partial charge is 0.408 e. The molecule has 5 heteroatoms. The number of amides is 1. The third-order valence-corrected chi connectivity index (χ3v) is 3.59. The van der Waals surface area contributed by atoms with Gasteiger partial charge in [0.05, 0.1) is 0 Å². The SMILES string of the molecule is CC(C)c1cc(C(=O)N[C@@H](C)C(F)(F)F)cc(C(C)(C)C)c1. The molecule has 0 fully saturated rings. The smallest absolute Gasteiger partial charge is 0.341 e. The number of hydrogen-bond acceptors (Lipinski definition) is 1. The molecule has 1 rings (SSSR count). The van der Waals surface area contributed by atoms with E-state index in [1.54, 1.807) is 12.1 Å². The molecule has 1 atom stereocenters. The Labute approximate surface area is 130 Å². The van der Waals surface area contributed by atoms with E-state index in [0.29, 0.717) is 0 Å². The van der Waals surface area contributed by atoms with E-state index in [4.69, 9.17) is 0 Å². The maximum Gasteiger partial charge on any atom is 0.408 e. The molecule has 1 N–H and O–H groups in total. The maximum absolute atomic E-state index is 12.6. The molecule has 0 bridgehead atoms. The second kappa shape index (κ2) is 6.31. The van der Waals surface area contributed by atoms with Crippen LogP contribution in [0.5, 0.6) is 0 Å². The van der Waals surface area contributed by atoms with Crippen LogP contribution in [0.1, 0.15) is 68.9 Å². The lowest BCUT2D eigenvalue weighted by Gasteiger charge is -2.23. The van der Waals surface area contributed by atoms with Gasteiger partial charge in [-0.15, -0.1) is 0 Å². The highest BCUT2D eigenvalue weighted by Gasteiger charge is 2.37. The first-order chi connectivity index (χ1) is 9.82. The van der Waals surface area contributed by atoms with Crippen molar-refractivity contribution in [2.75, 3.05) is 0 Å². The lowest BCUT2D eigenvalue weighted by Crippen LogP contribution is -2.43. The molecule has 124 valence electrons. The van der Waals surface area contributed by atoms with E-state index in [9.17, 15) is 18.0 Å². The van der Waals surface area contributed by atoms with E-state index in [1.807, 2.05) is 46.0 Å². The molecule has 1 amide bonds. The van der Waals surface area contributed by atoms with Crippen LogP contribution in [0.3, 0.4) is 0 Å². The molecule has 1 aromatic rings. The van der Waals surface area contributed by atoms with Gasteiger partial charge in [0.25, 0.3) is 5.91 Å². The zero-order valence-electron chi connectivity index (χ0n) is 13.9. The molecule has 22 heavy (non-hydrogen) atoms. The summed E-state index contributed by atoms with van der Waals surface area (Å²) in [6, 6.07) is 3.47. The average Bonchev–Trinajstić information content (AvgIpc) is 2.35. The molecule has 0 saturated heterocycles. The Hall–Kier alpha value is -1.52. The normalized spacial score (nSPS) is 14.1. The van der Waals surface area contributed by atoms with Gasteiger partial charge >= 0.3 is 6.18 Å². The minimum atomic E-state index is -4.45. The number of carbonyl (C=O) groups excluding carboxylic acids is 1. The summed E-state index contributed by atoms with van der Waals surface area (Å²) in [6.45, 7) is 10.9. The second-order valence-corrected chi connectivity index (χ2v) is 6.99. The molecule has 0 radical (unpaired) electrons. The first kappa shape index (κ1) is 18.5. The van der Waals surface area contributed by atoms with E-state index >= 15 is 0 Å². The van der Waals surface area contributed by atoms with Crippen LogP contribution in [0.2, 0.25) is 0 Å². The van der Waals surface area contributed by atoms with Gasteiger partial charge in [0.1, 0.15) is 6.04 Å². The van der Waals surface area contributed by atoms with Crippen molar-refractivity contribution < 1.29 is 18.0 Å². The molecule has 0 aliphatic heterocycles. The fraction of sp³-hybridized carbons (Fsp3) is 0.588. The van der Waals surface area contributed by atoms with Gasteiger partial charge in [0.2, 0.25) is 0 Å². The molecule has 0 unspecified atom stereocenters. The first-order valence-corrected chi connectivity index (χ1v) is 7.35. The van der Waals surface area contributed by atoms with Crippen molar-refractivity contribution in [3.05, 3.63) is 34.9 Å². The molecule has 0 aliphatic carbocycles. The highest BCUT2D eigenvalue weighted by molar-refractivity contribution is 5.95. The summed E-state index contributed by atoms with van der Waals surface area (Å²) >= 11 is 0. The quantitative estimate of drug-likeness (QED) is 0.854. The van der Waals surface area contributed by atoms with Crippen LogP contribution in [-0.2, 0) is 5.41 Å². The van der Waals surface area contributed by atoms with Crippen molar-refractivity contribution >= 4 is 5.91 Å². The second-order valence-electron chi connectivity index (χ2n) is 6.99. The molecule has 0 saturated carbocycles. The van der Waals surface area contributed by atoms with Gasteiger partial charge < -0.3 is 5.32 Å². The van der Waals surface area contributed by atoms with E-state index in [2.05, 4.69) is 0 Å². The Morgan fingerprint density at radius 2 is 1.59 bits per heavy atom. The number of benzene rings is 1. The molecule has 2 nitrogen and oxygen atoms in total. The molecule has 0 heterocycles. The van der Waals surface area contributed by atoms with Crippen molar-refractivity contribution in [2.45, 2.75) is 65.1 Å². The highest BCUT2D eigenvalue weighted by atomic mass is 19.4. The number of nitrogens with one attached hydrogen (secondary N) is 1. The fourth-order valence-electron chi connectivity index (χ4n) is 1.91. The fourth-order valence-corrected chi connectivity index (χ4v) is 1.91. The highest BCUT2D eigenvalue weighted by Crippen LogP contribution is 2.28. The van der Waals surface area contributed by atoms with Crippen molar-refractivity contribution in [3.8, 4) is 0 Å². The summed E-state index contributed by atoms with van der Waals surface area (Å²) in [7, 11) is 0. The zero-order valence-corrected chi connectivity index (χ0v) is 13.9. The minimum Gasteiger partial charge on any atom is -0.341 e. The van der Waals surface area contributed by atoms with Crippen LogP contribution in [-0.4, -0.2) is 18.1 Å². The van der Waals surface area contributed by atoms with E-state index < -0.39 is 18.1 Å². The summed E-state index contributed by atoms with van der Waals surface area (Å²) in [4.78, 5) is 12.1. The molecule has 1 aromatic carbocycles. The maximum atomic E-state index is 12.6. The van der Waals surface area contributed by atoms with Gasteiger partial charge in [0.15, 0.2) is 0 Å². The predicted molar refractivity (Wildman–Crippen MR) is 82.2 cm³/mol. The standard InChI is InChI=1S/C17H24F3NO/c1-10(2)12-7-13(9-14(8-12)16(4,5)6)15(22)21-11(3)17(18,19)20/h7-11H,1-6H3,(H,21,22)/t11-/m0/s1. The molecule has 0 spiro atoms. The number of carbonyl (C=O) groups is 1. The Bertz CT molecular complexity index is 542. The van der Waals surface area contributed by atoms with Gasteiger partial charge in [-0.2, -0.15) is 13.2 Å². The Morgan fingerprint density at radius 3 is 2.00 bits per heavy atom. The van der Waals surface area contributed by atoms with E-state index in [0.717, 1.165) is 18.1 Å². The van der Waals surface area contributed by atoms with Crippen molar-refractivity contribution in [3.63, 3.8) is 0 Å². The van der Waals surface area contributed by atoms with Crippen LogP contribution >= 0.6 is 0 Å². The Kier molecular flexibility index (Phi) is 5.31. The van der Waals surface area contributed by atoms with Crippen LogP contribution < -0.4 is 5.32 Å². The van der Waals surface area contributed by atoms with Crippen molar-refractivity contribution in [1.29, 1.82) is 0 Å². The van der Waals surface area contributed by atoms with E-state index in [-0.39, 0.29) is 16.9 Å². The molecule has 0 aromatic heterocycles. The molecular weight excluding hydrogens is 291 g/mol. The topological polar surface area (TPSA) is 29.1 Å². The van der Waals surface area contributed by atoms with Gasteiger partial charge in [-0.25, -0.2) is 0 Å². The monoisotopic (exact) mass is 315 g/mol. The van der Waals surface area contributed by atoms with Crippen molar-refractivity contribution in [2.24, 2.45) is 0 Å². The van der Waals surface area contributed by atoms with Crippen LogP contribution in [0, 0.1) is 0 Å². The summed E-state index contributed by atoms with van der Waals surface area (Å²) in [6.07, 6.45) is -4.45. The van der Waals surface area contributed by atoms with Crippen molar-refractivity contribution in [1.82, 2.24) is 5.32 Å². The summed E-state index contributed by atoms with van der Waals surface area (Å²) in [5, 5.41) is 2.02. The average molecular weight is 315 g/mol. The summed E-state index contributed by atoms with van der Waals surface area (Å²) in [5.74, 6) is -0.508. The Balaban J connectivity index is 3.18. The third-order valence-electron chi connectivity index (χ3n) is 3.59. The summed E-state index contributed by atoms with van der Waals surface area (Å²) in [5.41, 5.74) is 1.96. The minimum absolute atomic E-state index is 0.185. The zero-order chi connectivity index (χ0) is 17.3. The van der Waals surface area contributed by atoms with Crippen LogP contribution in [0.15, 0.2) is 18.2 Å². The summed E-state index contributed by atoms with van der Waals surface area (Å²) < 4.78 is 37.8.